The van der Waals surface area contributed by atoms with Crippen molar-refractivity contribution in [2.45, 2.75) is 45.4 Å². The molecule has 2 heterocycles. The largest absolute Gasteiger partial charge is 0.497 e. The Hall–Kier alpha value is -3.34. The number of benzene rings is 1. The van der Waals surface area contributed by atoms with Gasteiger partial charge >= 0.3 is 12.0 Å². The lowest BCUT2D eigenvalue weighted by atomic mass is 10.0. The van der Waals surface area contributed by atoms with Gasteiger partial charge in [0.05, 0.1) is 26.6 Å². The Bertz CT molecular complexity index is 921. The topological polar surface area (TPSA) is 123 Å². The molecule has 11 nitrogen and oxygen atoms in total. The summed E-state index contributed by atoms with van der Waals surface area (Å²) in [4.78, 5) is 53.6. The minimum atomic E-state index is -1.18. The maximum atomic E-state index is 13.2. The van der Waals surface area contributed by atoms with Crippen LogP contribution < -0.4 is 10.1 Å². The Morgan fingerprint density at radius 2 is 1.88 bits per heavy atom. The minimum Gasteiger partial charge on any atom is -0.497 e. The first-order valence-electron chi connectivity index (χ1n) is 11.3. The molecular weight excluding hydrogens is 442 g/mol. The summed E-state index contributed by atoms with van der Waals surface area (Å²) >= 11 is 0. The van der Waals surface area contributed by atoms with Gasteiger partial charge in [-0.2, -0.15) is 0 Å². The summed E-state index contributed by atoms with van der Waals surface area (Å²) in [5.74, 6) is -0.906. The highest BCUT2D eigenvalue weighted by Gasteiger charge is 2.51. The first-order chi connectivity index (χ1) is 16.1. The molecule has 3 rings (SSSR count). The van der Waals surface area contributed by atoms with Crippen LogP contribution in [0, 0.1) is 5.92 Å². The molecule has 0 bridgehead atoms. The summed E-state index contributed by atoms with van der Waals surface area (Å²) in [7, 11) is 3.20. The Morgan fingerprint density at radius 1 is 1.21 bits per heavy atom. The third-order valence-corrected chi connectivity index (χ3v) is 6.09. The Morgan fingerprint density at radius 3 is 2.47 bits per heavy atom. The lowest BCUT2D eigenvalue weighted by Gasteiger charge is -2.54. The number of carboxylic acid groups (broad SMARTS) is 1. The lowest BCUT2D eigenvalue weighted by Crippen LogP contribution is -2.76. The first-order valence-corrected chi connectivity index (χ1v) is 11.3. The minimum absolute atomic E-state index is 0.119. The number of nitrogens with one attached hydrogen (secondary N) is 1. The van der Waals surface area contributed by atoms with Gasteiger partial charge in [0.15, 0.2) is 0 Å². The number of urea groups is 1. The van der Waals surface area contributed by atoms with Gasteiger partial charge in [-0.25, -0.2) is 14.8 Å². The number of methoxy groups -OCH3 is 1. The predicted octanol–water partition coefficient (Wildman–Crippen LogP) is 0.954. The molecule has 2 saturated heterocycles. The predicted molar refractivity (Wildman–Crippen MR) is 122 cm³/mol. The number of carbonyl (C=O) groups is 4. The zero-order valence-electron chi connectivity index (χ0n) is 20.1. The number of hydrogen-bond donors (Lipinski definition) is 2. The summed E-state index contributed by atoms with van der Waals surface area (Å²) in [5, 5.41) is 15.2. The molecule has 186 valence electrons. The van der Waals surface area contributed by atoms with Gasteiger partial charge in [-0.3, -0.25) is 14.4 Å². The molecule has 2 N–H and O–H groups in total. The second kappa shape index (κ2) is 10.7. The number of ether oxygens (including phenoxy) is 1. The maximum Gasteiger partial charge on any atom is 0.334 e. The molecule has 1 aromatic carbocycles. The monoisotopic (exact) mass is 475 g/mol. The van der Waals surface area contributed by atoms with E-state index in [4.69, 9.17) is 4.74 Å². The third-order valence-electron chi connectivity index (χ3n) is 6.09. The maximum absolute atomic E-state index is 13.2. The molecule has 0 aliphatic carbocycles. The molecule has 2 aliphatic rings. The highest BCUT2D eigenvalue weighted by molar-refractivity contribution is 5.93. The van der Waals surface area contributed by atoms with Crippen LogP contribution in [0.2, 0.25) is 0 Å². The van der Waals surface area contributed by atoms with Crippen LogP contribution in [0.15, 0.2) is 24.3 Å². The smallest absolute Gasteiger partial charge is 0.334 e. The molecule has 2 fully saturated rings. The fraction of sp³-hybridized carbons (Fsp3) is 0.565. The molecule has 0 radical (unpaired) electrons. The summed E-state index contributed by atoms with van der Waals surface area (Å²) in [6, 6.07) is 5.68. The number of carboxylic acids is 1. The standard InChI is InChI=1S/C23H33N5O6/c1-15(2)9-10-26-13-19-27(18(22(26)32)11-21(30)31)20(29)14-25(3)28(19)23(33)24-12-16-5-7-17(34-4)8-6-16/h5-8,15,18-19H,9-14H2,1-4H3,(H,24,33)(H,30,31)/t18-,19-/m0/s1. The van der Waals surface area contributed by atoms with Crippen molar-refractivity contribution in [3.05, 3.63) is 29.8 Å². The van der Waals surface area contributed by atoms with Gasteiger partial charge in [-0.15, -0.1) is 0 Å². The summed E-state index contributed by atoms with van der Waals surface area (Å²) in [5.41, 5.74) is 0.864. The number of carbonyl (C=O) groups excluding carboxylic acids is 3. The van der Waals surface area contributed by atoms with E-state index in [1.807, 2.05) is 26.0 Å². The van der Waals surface area contributed by atoms with E-state index in [1.54, 1.807) is 31.2 Å². The second-order valence-corrected chi connectivity index (χ2v) is 9.03. The molecule has 2 aliphatic heterocycles. The van der Waals surface area contributed by atoms with Gasteiger partial charge in [0.1, 0.15) is 18.0 Å². The van der Waals surface area contributed by atoms with Crippen LogP contribution >= 0.6 is 0 Å². The Kier molecular flexibility index (Phi) is 7.98. The van der Waals surface area contributed by atoms with Gasteiger partial charge < -0.3 is 25.0 Å². The Labute approximate surface area is 199 Å². The molecule has 0 aromatic heterocycles. The highest BCUT2D eigenvalue weighted by Crippen LogP contribution is 2.27. The van der Waals surface area contributed by atoms with E-state index in [0.717, 1.165) is 12.0 Å². The number of hydrazine groups is 1. The van der Waals surface area contributed by atoms with Crippen LogP contribution in [0.1, 0.15) is 32.3 Å². The average molecular weight is 476 g/mol. The SMILES string of the molecule is COc1ccc(CNC(=O)N2[C@H]3CN(CCC(C)C)C(=O)[C@H](CC(=O)O)N3C(=O)CN2C)cc1. The molecular formula is C23H33N5O6. The van der Waals surface area contributed by atoms with Crippen molar-refractivity contribution < 1.29 is 29.0 Å². The van der Waals surface area contributed by atoms with Gasteiger partial charge in [0.25, 0.3) is 0 Å². The van der Waals surface area contributed by atoms with Crippen LogP contribution in [0.25, 0.3) is 0 Å². The molecule has 0 unspecified atom stereocenters. The molecule has 34 heavy (non-hydrogen) atoms. The van der Waals surface area contributed by atoms with Crippen LogP contribution in [0.5, 0.6) is 5.75 Å². The van der Waals surface area contributed by atoms with E-state index in [-0.39, 0.29) is 25.5 Å². The molecule has 2 atom stereocenters. The van der Waals surface area contributed by atoms with E-state index in [1.165, 1.54) is 14.9 Å². The van der Waals surface area contributed by atoms with Crippen LogP contribution in [0.3, 0.4) is 0 Å². The average Bonchev–Trinajstić information content (AvgIpc) is 2.78. The number of nitrogens with zero attached hydrogens (tertiary/aromatic N) is 4. The van der Waals surface area contributed by atoms with Gasteiger partial charge in [-0.05, 0) is 30.0 Å². The number of likely N-dealkylation sites (N-methyl/N-ethyl adjacent to an activating group) is 1. The van der Waals surface area contributed by atoms with Crippen molar-refractivity contribution in [2.24, 2.45) is 5.92 Å². The van der Waals surface area contributed by atoms with Crippen LogP contribution in [-0.2, 0) is 20.9 Å². The number of aliphatic carboxylic acids is 1. The third kappa shape index (κ3) is 5.58. The fourth-order valence-electron chi connectivity index (χ4n) is 4.29. The van der Waals surface area contributed by atoms with E-state index in [0.29, 0.717) is 18.2 Å². The van der Waals surface area contributed by atoms with Crippen molar-refractivity contribution in [3.8, 4) is 5.75 Å². The Balaban J connectivity index is 1.83. The van der Waals surface area contributed by atoms with Crippen LogP contribution in [0.4, 0.5) is 4.79 Å². The van der Waals surface area contributed by atoms with Crippen molar-refractivity contribution in [1.29, 1.82) is 0 Å². The molecule has 4 amide bonds. The van der Waals surface area contributed by atoms with Gasteiger partial charge in [0.2, 0.25) is 11.8 Å². The molecule has 1 aromatic rings. The van der Waals surface area contributed by atoms with Crippen molar-refractivity contribution >= 4 is 23.8 Å². The second-order valence-electron chi connectivity index (χ2n) is 9.03. The number of rotatable bonds is 8. The van der Waals surface area contributed by atoms with E-state index < -0.39 is 36.5 Å². The van der Waals surface area contributed by atoms with Gasteiger partial charge in [-0.1, -0.05) is 26.0 Å². The summed E-state index contributed by atoms with van der Waals surface area (Å²) < 4.78 is 5.15. The first kappa shape index (κ1) is 25.3. The van der Waals surface area contributed by atoms with E-state index in [9.17, 15) is 24.3 Å². The molecule has 11 heteroatoms. The van der Waals surface area contributed by atoms with E-state index >= 15 is 0 Å². The fourth-order valence-corrected chi connectivity index (χ4v) is 4.29. The van der Waals surface area contributed by atoms with E-state index in [2.05, 4.69) is 5.32 Å². The summed E-state index contributed by atoms with van der Waals surface area (Å²) in [6.07, 6.45) is -0.577. The normalized spacial score (nSPS) is 21.0. The van der Waals surface area contributed by atoms with Gasteiger partial charge in [0, 0.05) is 20.1 Å². The number of piperazine rings is 1. The zero-order chi connectivity index (χ0) is 25.0. The zero-order valence-corrected chi connectivity index (χ0v) is 20.1. The van der Waals surface area contributed by atoms with Crippen LogP contribution in [-0.4, -0.2) is 94.7 Å². The highest BCUT2D eigenvalue weighted by atomic mass is 16.5. The number of hydrogen-bond acceptors (Lipinski definition) is 6. The quantitative estimate of drug-likeness (QED) is 0.574. The number of fused-ring (bicyclic) bond motifs is 1. The number of amides is 4. The summed E-state index contributed by atoms with van der Waals surface area (Å²) in [6.45, 7) is 4.73. The lowest BCUT2D eigenvalue weighted by molar-refractivity contribution is -0.188. The van der Waals surface area contributed by atoms with Crippen molar-refractivity contribution in [1.82, 2.24) is 25.1 Å². The van der Waals surface area contributed by atoms with Crippen molar-refractivity contribution in [3.63, 3.8) is 0 Å². The van der Waals surface area contributed by atoms with Crippen molar-refractivity contribution in [2.75, 3.05) is 33.8 Å². The molecule has 0 saturated carbocycles. The molecule has 0 spiro atoms.